The highest BCUT2D eigenvalue weighted by molar-refractivity contribution is 5.95. The number of nitrogens with zero attached hydrogens (tertiary/aromatic N) is 6. The summed E-state index contributed by atoms with van der Waals surface area (Å²) in [6.07, 6.45) is 6.74. The van der Waals surface area contributed by atoms with Crippen molar-refractivity contribution in [3.8, 4) is 5.88 Å². The van der Waals surface area contributed by atoms with Gasteiger partial charge >= 0.3 is 6.09 Å². The van der Waals surface area contributed by atoms with E-state index in [9.17, 15) is 23.9 Å². The molecule has 2 N–H and O–H groups in total. The Balaban J connectivity index is 1.05. The van der Waals surface area contributed by atoms with E-state index >= 15 is 0 Å². The molecule has 1 aliphatic carbocycles. The zero-order valence-electron chi connectivity index (χ0n) is 32.1. The van der Waals surface area contributed by atoms with Crippen LogP contribution in [0.4, 0.5) is 9.18 Å². The molecule has 2 bridgehead atoms. The molecule has 3 aromatic rings. The molecule has 3 amide bonds. The van der Waals surface area contributed by atoms with Crippen molar-refractivity contribution in [2.75, 3.05) is 39.3 Å². The zero-order chi connectivity index (χ0) is 38.4. The fraction of sp³-hybridized carbons (Fsp3) is 0.625. The molecule has 5 heterocycles. The Morgan fingerprint density at radius 1 is 0.963 bits per heavy atom. The Morgan fingerprint density at radius 2 is 1.67 bits per heavy atom. The van der Waals surface area contributed by atoms with Crippen LogP contribution in [0.2, 0.25) is 0 Å². The van der Waals surface area contributed by atoms with Gasteiger partial charge in [0.25, 0.3) is 5.91 Å². The summed E-state index contributed by atoms with van der Waals surface area (Å²) in [6, 6.07) is 7.27. The number of ether oxygens (including phenoxy) is 2. The minimum absolute atomic E-state index is 0.000381. The number of carbonyl (C=O) groups is 3. The molecule has 1 saturated carbocycles. The molecule has 14 heteroatoms. The van der Waals surface area contributed by atoms with Gasteiger partial charge in [-0.25, -0.2) is 14.2 Å². The number of imidazole rings is 1. The van der Waals surface area contributed by atoms with Gasteiger partial charge in [0.1, 0.15) is 18.0 Å². The molecule has 4 fully saturated rings. The maximum atomic E-state index is 14.0. The molecule has 0 radical (unpaired) electrons. The quantitative estimate of drug-likeness (QED) is 0.326. The van der Waals surface area contributed by atoms with Crippen LogP contribution in [-0.2, 0) is 9.53 Å². The number of amides is 3. The van der Waals surface area contributed by atoms with Crippen LogP contribution in [0.5, 0.6) is 5.88 Å². The van der Waals surface area contributed by atoms with Crippen molar-refractivity contribution in [1.29, 1.82) is 0 Å². The molecular weight excluding hydrogens is 693 g/mol. The van der Waals surface area contributed by atoms with E-state index in [1.165, 1.54) is 24.3 Å². The third kappa shape index (κ3) is 8.34. The van der Waals surface area contributed by atoms with E-state index in [0.29, 0.717) is 62.4 Å². The number of halogens is 1. The third-order valence-corrected chi connectivity index (χ3v) is 11.7. The Labute approximate surface area is 315 Å². The normalized spacial score (nSPS) is 24.4. The lowest BCUT2D eigenvalue weighted by Crippen LogP contribution is -2.53. The molecule has 4 aliphatic rings. The Bertz CT molecular complexity index is 1930. The van der Waals surface area contributed by atoms with E-state index in [4.69, 9.17) is 9.47 Å². The Kier molecular flexibility index (Phi) is 10.6. The first-order valence-corrected chi connectivity index (χ1v) is 19.5. The molecule has 292 valence electrons. The molecule has 2 unspecified atom stereocenters. The monoisotopic (exact) mass is 747 g/mol. The number of benzene rings is 1. The topological polar surface area (TPSA) is 146 Å². The molecule has 0 spiro atoms. The van der Waals surface area contributed by atoms with Gasteiger partial charge in [-0.2, -0.15) is 4.99 Å². The number of carbonyl (C=O) groups excluding carboxylic acids is 3. The Hall–Kier alpha value is -4.30. The lowest BCUT2D eigenvalue weighted by Gasteiger charge is -2.38. The van der Waals surface area contributed by atoms with Crippen molar-refractivity contribution in [3.05, 3.63) is 53.5 Å². The smallest absolute Gasteiger partial charge is 0.410 e. The molecular formula is C40H54FN7O6. The largest absolute Gasteiger partial charge is 0.476 e. The van der Waals surface area contributed by atoms with Gasteiger partial charge in [-0.3, -0.25) is 14.5 Å². The minimum atomic E-state index is -0.670. The van der Waals surface area contributed by atoms with E-state index in [2.05, 4.69) is 19.9 Å². The van der Waals surface area contributed by atoms with Gasteiger partial charge in [-0.15, -0.1) is 0 Å². The number of piperazine rings is 1. The molecule has 54 heavy (non-hydrogen) atoms. The standard InChI is InChI=1S/C40H54FN7O6/c1-39(2,3)54-38(51)47-24-30-20-31(47)23-46(30)36(50)25-9-11-29(12-10-25)48-33-21-34(53-18-17-45-15-13-27(14-16-45)40(4,5)52)42-22-32(33)43-37(48)44-35(49)26-7-6-8-28(41)19-26/h6-8,19,21-22,25,27,29-31,52H,9-18,20,23-24H2,1-5H3,(H,43,44,49). The van der Waals surface area contributed by atoms with Crippen LogP contribution in [0.15, 0.2) is 41.5 Å². The number of aromatic amines is 1. The van der Waals surface area contributed by atoms with E-state index < -0.39 is 22.9 Å². The first-order valence-electron chi connectivity index (χ1n) is 19.5. The highest BCUT2D eigenvalue weighted by atomic mass is 19.1. The maximum Gasteiger partial charge on any atom is 0.410 e. The summed E-state index contributed by atoms with van der Waals surface area (Å²) in [4.78, 5) is 58.2. The summed E-state index contributed by atoms with van der Waals surface area (Å²) in [7, 11) is 0. The van der Waals surface area contributed by atoms with Gasteiger partial charge in [0.05, 0.1) is 34.9 Å². The van der Waals surface area contributed by atoms with E-state index in [1.54, 1.807) is 11.1 Å². The number of H-pyrrole nitrogens is 1. The summed E-state index contributed by atoms with van der Waals surface area (Å²) in [5, 5.41) is 10.4. The number of nitrogens with one attached hydrogen (secondary N) is 1. The van der Waals surface area contributed by atoms with Crippen molar-refractivity contribution in [2.45, 2.75) is 109 Å². The molecule has 1 aromatic carbocycles. The molecule has 13 nitrogen and oxygen atoms in total. The minimum Gasteiger partial charge on any atom is -0.476 e. The average molecular weight is 748 g/mol. The molecule has 2 atom stereocenters. The number of aromatic nitrogens is 3. The predicted octanol–water partition coefficient (Wildman–Crippen LogP) is 5.06. The van der Waals surface area contributed by atoms with Gasteiger partial charge in [0, 0.05) is 43.2 Å². The van der Waals surface area contributed by atoms with E-state index in [-0.39, 0.29) is 47.5 Å². The number of hydrogen-bond donors (Lipinski definition) is 2. The number of rotatable bonds is 8. The second kappa shape index (κ2) is 15.1. The summed E-state index contributed by atoms with van der Waals surface area (Å²) >= 11 is 0. The Morgan fingerprint density at radius 3 is 2.31 bits per heavy atom. The summed E-state index contributed by atoms with van der Waals surface area (Å²) < 4.78 is 27.8. The second-order valence-electron chi connectivity index (χ2n) is 17.1. The highest BCUT2D eigenvalue weighted by Crippen LogP contribution is 2.38. The zero-order valence-corrected chi connectivity index (χ0v) is 32.1. The molecule has 2 aromatic heterocycles. The van der Waals surface area contributed by atoms with Crippen molar-refractivity contribution in [3.63, 3.8) is 0 Å². The SMILES string of the molecule is CC(C)(C)OC(=O)N1CC2CC1CN2C(=O)C1CCC(n2/c(=N\C(=O)c3cccc(F)c3)[nH]c3cnc(OCCN4CCC(C(C)(C)O)CC4)cc32)CC1. The maximum absolute atomic E-state index is 14.0. The number of pyridine rings is 1. The third-order valence-electron chi connectivity index (χ3n) is 11.7. The number of likely N-dealkylation sites (tertiary alicyclic amines) is 3. The van der Waals surface area contributed by atoms with Crippen molar-refractivity contribution < 1.29 is 33.4 Å². The lowest BCUT2D eigenvalue weighted by molar-refractivity contribution is -0.139. The van der Waals surface area contributed by atoms with Crippen molar-refractivity contribution in [1.82, 2.24) is 29.2 Å². The van der Waals surface area contributed by atoms with Crippen LogP contribution in [0, 0.1) is 17.7 Å². The highest BCUT2D eigenvalue weighted by Gasteiger charge is 2.49. The van der Waals surface area contributed by atoms with Gasteiger partial charge in [0.15, 0.2) is 0 Å². The van der Waals surface area contributed by atoms with Gasteiger partial charge in [-0.1, -0.05) is 6.07 Å². The molecule has 3 aliphatic heterocycles. The van der Waals surface area contributed by atoms with Gasteiger partial charge in [-0.05, 0) is 117 Å². The van der Waals surface area contributed by atoms with Gasteiger partial charge < -0.3 is 33.9 Å². The van der Waals surface area contributed by atoms with Crippen LogP contribution in [0.1, 0.15) is 96.0 Å². The van der Waals surface area contributed by atoms with Crippen LogP contribution in [0.25, 0.3) is 11.0 Å². The lowest BCUT2D eigenvalue weighted by atomic mass is 9.83. The van der Waals surface area contributed by atoms with Crippen molar-refractivity contribution >= 4 is 28.9 Å². The van der Waals surface area contributed by atoms with E-state index in [0.717, 1.165) is 44.4 Å². The number of piperidine rings is 1. The van der Waals surface area contributed by atoms with Crippen LogP contribution < -0.4 is 10.4 Å². The first-order chi connectivity index (χ1) is 25.6. The fourth-order valence-electron chi connectivity index (χ4n) is 8.77. The predicted molar refractivity (Wildman–Crippen MR) is 199 cm³/mol. The fourth-order valence-corrected chi connectivity index (χ4v) is 8.77. The van der Waals surface area contributed by atoms with Crippen LogP contribution in [-0.4, -0.2) is 115 Å². The average Bonchev–Trinajstić information content (AvgIpc) is 3.84. The summed E-state index contributed by atoms with van der Waals surface area (Å²) in [5.41, 5.74) is 0.706. The molecule has 7 rings (SSSR count). The van der Waals surface area contributed by atoms with Crippen molar-refractivity contribution in [2.24, 2.45) is 16.8 Å². The van der Waals surface area contributed by atoms with Gasteiger partial charge in [0.2, 0.25) is 17.4 Å². The number of aliphatic hydroxyl groups is 1. The second-order valence-corrected chi connectivity index (χ2v) is 17.1. The summed E-state index contributed by atoms with van der Waals surface area (Å²) in [6.45, 7) is 13.4. The number of hydrogen-bond acceptors (Lipinski definition) is 8. The van der Waals surface area contributed by atoms with E-state index in [1.807, 2.05) is 50.2 Å². The van der Waals surface area contributed by atoms with Crippen LogP contribution >= 0.6 is 0 Å². The summed E-state index contributed by atoms with van der Waals surface area (Å²) in [5.74, 6) is -0.330. The molecule has 3 saturated heterocycles. The number of fused-ring (bicyclic) bond motifs is 3. The van der Waals surface area contributed by atoms with Crippen LogP contribution in [0.3, 0.4) is 0 Å². The first kappa shape index (κ1) is 38.0.